The highest BCUT2D eigenvalue weighted by atomic mass is 127. The van der Waals surface area contributed by atoms with E-state index in [1.807, 2.05) is 12.1 Å². The molecule has 0 unspecified atom stereocenters. The van der Waals surface area contributed by atoms with Crippen molar-refractivity contribution in [2.24, 2.45) is 0 Å². The maximum Gasteiger partial charge on any atom is 0.224 e. The van der Waals surface area contributed by atoms with Crippen LogP contribution < -0.4 is 5.32 Å². The van der Waals surface area contributed by atoms with Crippen LogP contribution in [0.2, 0.25) is 5.02 Å². The maximum absolute atomic E-state index is 11.5. The molecule has 0 saturated heterocycles. The zero-order valence-corrected chi connectivity index (χ0v) is 12.3. The topological polar surface area (TPSA) is 29.1 Å². The Labute approximate surface area is 119 Å². The predicted octanol–water partition coefficient (Wildman–Crippen LogP) is 4.29. The van der Waals surface area contributed by atoms with Crippen LogP contribution in [0, 0.1) is 3.57 Å². The number of halogens is 3. The second-order valence-corrected chi connectivity index (χ2v) is 5.30. The van der Waals surface area contributed by atoms with Crippen molar-refractivity contribution >= 4 is 57.4 Å². The first kappa shape index (κ1) is 14.1. The molecule has 5 heteroatoms. The lowest BCUT2D eigenvalue weighted by Crippen LogP contribution is -2.12. The van der Waals surface area contributed by atoms with Crippen molar-refractivity contribution in [1.82, 2.24) is 0 Å². The molecule has 0 aliphatic carbocycles. The third kappa shape index (κ3) is 4.89. The van der Waals surface area contributed by atoms with Crippen molar-refractivity contribution < 1.29 is 4.79 Å². The number of hydrogen-bond acceptors (Lipinski definition) is 1. The minimum atomic E-state index is 0.0188. The molecule has 0 aromatic heterocycles. The summed E-state index contributed by atoms with van der Waals surface area (Å²) in [5, 5.41) is 3.52. The van der Waals surface area contributed by atoms with Crippen LogP contribution in [-0.4, -0.2) is 11.8 Å². The summed E-state index contributed by atoms with van der Waals surface area (Å²) in [5.41, 5.74) is 0.806. The first-order chi connectivity index (χ1) is 7.63. The average Bonchev–Trinajstić information content (AvgIpc) is 2.23. The first-order valence-corrected chi connectivity index (χ1v) is 6.93. The fourth-order valence-corrected chi connectivity index (χ4v) is 2.38. The number of nitrogens with one attached hydrogen (secondary N) is 1. The van der Waals surface area contributed by atoms with Gasteiger partial charge in [-0.3, -0.25) is 4.79 Å². The molecule has 0 bridgehead atoms. The molecule has 0 atom stereocenters. The van der Waals surface area contributed by atoms with Gasteiger partial charge in [0.25, 0.3) is 0 Å². The summed E-state index contributed by atoms with van der Waals surface area (Å²) >= 11 is 13.5. The number of amides is 1. The fraction of sp³-hybridized carbons (Fsp3) is 0.364. The standard InChI is InChI=1S/C11H12Cl2INO/c12-6-2-1-3-11(16)15-10-5-4-8(13)7-9(10)14/h4-5,7H,1-3,6H2,(H,15,16). The van der Waals surface area contributed by atoms with E-state index in [0.717, 1.165) is 22.1 Å². The highest BCUT2D eigenvalue weighted by Gasteiger charge is 2.05. The second-order valence-electron chi connectivity index (χ2n) is 3.32. The van der Waals surface area contributed by atoms with Crippen molar-refractivity contribution in [1.29, 1.82) is 0 Å². The molecule has 0 aliphatic rings. The molecule has 1 aromatic carbocycles. The van der Waals surface area contributed by atoms with E-state index in [0.29, 0.717) is 17.3 Å². The van der Waals surface area contributed by atoms with Gasteiger partial charge in [0.05, 0.1) is 5.69 Å². The summed E-state index contributed by atoms with van der Waals surface area (Å²) in [6.07, 6.45) is 2.19. The van der Waals surface area contributed by atoms with Crippen molar-refractivity contribution in [2.45, 2.75) is 19.3 Å². The van der Waals surface area contributed by atoms with Crippen LogP contribution in [-0.2, 0) is 4.79 Å². The summed E-state index contributed by atoms with van der Waals surface area (Å²) in [5.74, 6) is 0.622. The van der Waals surface area contributed by atoms with Gasteiger partial charge in [0, 0.05) is 20.9 Å². The minimum absolute atomic E-state index is 0.0188. The van der Waals surface area contributed by atoms with Crippen LogP contribution in [0.25, 0.3) is 0 Å². The highest BCUT2D eigenvalue weighted by molar-refractivity contribution is 14.1. The Balaban J connectivity index is 2.49. The lowest BCUT2D eigenvalue weighted by atomic mass is 10.2. The molecule has 0 heterocycles. The van der Waals surface area contributed by atoms with Gasteiger partial charge in [0.2, 0.25) is 5.91 Å². The Bertz CT molecular complexity index is 371. The molecular weight excluding hydrogens is 360 g/mol. The third-order valence-corrected chi connectivity index (χ3v) is 3.39. The molecule has 0 spiro atoms. The van der Waals surface area contributed by atoms with E-state index in [-0.39, 0.29) is 5.91 Å². The number of carbonyl (C=O) groups excluding carboxylic acids is 1. The SMILES string of the molecule is O=C(CCCCCl)Nc1ccc(Cl)cc1I. The second kappa shape index (κ2) is 7.35. The van der Waals surface area contributed by atoms with Crippen LogP contribution in [0.3, 0.4) is 0 Å². The van der Waals surface area contributed by atoms with Gasteiger partial charge in [-0.05, 0) is 53.6 Å². The molecule has 0 saturated carbocycles. The van der Waals surface area contributed by atoms with E-state index in [4.69, 9.17) is 23.2 Å². The molecule has 1 rings (SSSR count). The van der Waals surface area contributed by atoms with Crippen molar-refractivity contribution in [3.8, 4) is 0 Å². The normalized spacial score (nSPS) is 10.2. The molecule has 0 aliphatic heterocycles. The van der Waals surface area contributed by atoms with E-state index in [1.54, 1.807) is 6.07 Å². The zero-order chi connectivity index (χ0) is 12.0. The van der Waals surface area contributed by atoms with Crippen LogP contribution in [0.4, 0.5) is 5.69 Å². The number of carbonyl (C=O) groups is 1. The Morgan fingerprint density at radius 1 is 1.38 bits per heavy atom. The zero-order valence-electron chi connectivity index (χ0n) is 8.60. The van der Waals surface area contributed by atoms with E-state index in [2.05, 4.69) is 27.9 Å². The molecular formula is C11H12Cl2INO. The summed E-state index contributed by atoms with van der Waals surface area (Å²) in [7, 11) is 0. The molecule has 0 fully saturated rings. The van der Waals surface area contributed by atoms with E-state index >= 15 is 0 Å². The number of unbranched alkanes of at least 4 members (excludes halogenated alkanes) is 1. The summed E-state index contributed by atoms with van der Waals surface area (Å²) in [4.78, 5) is 11.5. The van der Waals surface area contributed by atoms with Crippen LogP contribution in [0.15, 0.2) is 18.2 Å². The maximum atomic E-state index is 11.5. The summed E-state index contributed by atoms with van der Waals surface area (Å²) in [6, 6.07) is 5.39. The molecule has 88 valence electrons. The van der Waals surface area contributed by atoms with Crippen molar-refractivity contribution in [3.63, 3.8) is 0 Å². The van der Waals surface area contributed by atoms with Crippen molar-refractivity contribution in [2.75, 3.05) is 11.2 Å². The van der Waals surface area contributed by atoms with Gasteiger partial charge < -0.3 is 5.32 Å². The van der Waals surface area contributed by atoms with Crippen LogP contribution in [0.5, 0.6) is 0 Å². The third-order valence-electron chi connectivity index (χ3n) is 1.99. The minimum Gasteiger partial charge on any atom is -0.325 e. The van der Waals surface area contributed by atoms with Gasteiger partial charge in [-0.25, -0.2) is 0 Å². The Hall–Kier alpha value is -0.000000000000000111. The van der Waals surface area contributed by atoms with Gasteiger partial charge in [-0.1, -0.05) is 11.6 Å². The number of benzene rings is 1. The monoisotopic (exact) mass is 371 g/mol. The summed E-state index contributed by atoms with van der Waals surface area (Å²) < 4.78 is 0.941. The van der Waals surface area contributed by atoms with Crippen LogP contribution >= 0.6 is 45.8 Å². The van der Waals surface area contributed by atoms with Gasteiger partial charge in [-0.2, -0.15) is 0 Å². The van der Waals surface area contributed by atoms with Gasteiger partial charge in [0.15, 0.2) is 0 Å². The van der Waals surface area contributed by atoms with E-state index < -0.39 is 0 Å². The first-order valence-electron chi connectivity index (χ1n) is 4.94. The Morgan fingerprint density at radius 2 is 2.12 bits per heavy atom. The smallest absolute Gasteiger partial charge is 0.224 e. The predicted molar refractivity (Wildman–Crippen MR) is 77.4 cm³/mol. The molecule has 2 nitrogen and oxygen atoms in total. The number of rotatable bonds is 5. The largest absolute Gasteiger partial charge is 0.325 e. The molecule has 0 radical (unpaired) electrons. The average molecular weight is 372 g/mol. The Morgan fingerprint density at radius 3 is 2.75 bits per heavy atom. The molecule has 16 heavy (non-hydrogen) atoms. The number of hydrogen-bond donors (Lipinski definition) is 1. The van der Waals surface area contributed by atoms with E-state index in [9.17, 15) is 4.79 Å². The van der Waals surface area contributed by atoms with E-state index in [1.165, 1.54) is 0 Å². The van der Waals surface area contributed by atoms with Gasteiger partial charge in [0.1, 0.15) is 0 Å². The fourth-order valence-electron chi connectivity index (χ4n) is 1.18. The molecule has 1 amide bonds. The summed E-state index contributed by atoms with van der Waals surface area (Å²) in [6.45, 7) is 0. The van der Waals surface area contributed by atoms with Gasteiger partial charge in [-0.15, -0.1) is 11.6 Å². The van der Waals surface area contributed by atoms with Gasteiger partial charge >= 0.3 is 0 Å². The molecule has 1 aromatic rings. The molecule has 1 N–H and O–H groups in total. The Kier molecular flexibility index (Phi) is 6.46. The highest BCUT2D eigenvalue weighted by Crippen LogP contribution is 2.22. The van der Waals surface area contributed by atoms with Crippen molar-refractivity contribution in [3.05, 3.63) is 26.8 Å². The number of anilines is 1. The lowest BCUT2D eigenvalue weighted by Gasteiger charge is -2.07. The van der Waals surface area contributed by atoms with Crippen LogP contribution in [0.1, 0.15) is 19.3 Å². The number of alkyl halides is 1. The lowest BCUT2D eigenvalue weighted by molar-refractivity contribution is -0.116. The quantitative estimate of drug-likeness (QED) is 0.467.